The summed E-state index contributed by atoms with van der Waals surface area (Å²) < 4.78 is 157. The Balaban J connectivity index is 0.000000173. The van der Waals surface area contributed by atoms with E-state index in [1.807, 2.05) is 36.3 Å². The largest absolute Gasteiger partial charge is 0.490 e. The fraction of sp³-hybridized carbons (Fsp3) is 0.439. The minimum atomic E-state index is -5.08. The maximum absolute atomic E-state index is 13.7. The van der Waals surface area contributed by atoms with Gasteiger partial charge in [-0.25, -0.2) is 65.6 Å². The highest BCUT2D eigenvalue weighted by Crippen LogP contribution is 2.42. The lowest BCUT2D eigenvalue weighted by atomic mass is 9.89. The van der Waals surface area contributed by atoms with Crippen molar-refractivity contribution in [2.24, 2.45) is 11.8 Å². The number of alkyl halides is 3. The second-order valence-electron chi connectivity index (χ2n) is 31.2. The minimum absolute atomic E-state index is 0.0502. The number of carboxylic acids is 1. The number of amides is 4. The number of carboxylic acid groups (broad SMARTS) is 1. The Labute approximate surface area is 693 Å². The zero-order chi connectivity index (χ0) is 89.9. The number of pyridine rings is 1. The van der Waals surface area contributed by atoms with Crippen LogP contribution >= 0.6 is 0 Å². The average molecular weight is 1720 g/mol. The van der Waals surface area contributed by atoms with Gasteiger partial charge in [0.25, 0.3) is 5.91 Å². The predicted molar refractivity (Wildman–Crippen MR) is 417 cm³/mol. The number of nitrogens with zero attached hydrogens (tertiary/aromatic N) is 9. The molecule has 0 bridgehead atoms. The maximum Gasteiger partial charge on any atom is 0.490 e. The molecule has 122 heavy (non-hydrogen) atoms. The van der Waals surface area contributed by atoms with Crippen LogP contribution in [-0.2, 0) is 54.2 Å². The number of rotatable bonds is 15. The summed E-state index contributed by atoms with van der Waals surface area (Å²) in [7, 11) is 9.98. The first kappa shape index (κ1) is 93.4. The number of Topliss-reactive ketones (excluding diaryl/α,β-unsaturated/α-hetero) is 1. The molecule has 14 rings (SSSR count). The monoisotopic (exact) mass is 1720 g/mol. The third-order valence-electron chi connectivity index (χ3n) is 18.9. The second kappa shape index (κ2) is 38.9. The highest BCUT2D eigenvalue weighted by Gasteiger charge is 2.44. The number of nitrogens with one attached hydrogen (secondary N) is 1. The van der Waals surface area contributed by atoms with Gasteiger partial charge in [-0.3, -0.25) is 19.0 Å². The molecule has 0 radical (unpaired) electrons. The molecule has 10 heterocycles. The van der Waals surface area contributed by atoms with Crippen molar-refractivity contribution in [3.05, 3.63) is 166 Å². The van der Waals surface area contributed by atoms with E-state index in [9.17, 15) is 73.5 Å². The number of hydrogen-bond donors (Lipinski definition) is 2. The fourth-order valence-corrected chi connectivity index (χ4v) is 12.8. The number of ether oxygens (including phenoxy) is 8. The van der Waals surface area contributed by atoms with Gasteiger partial charge in [0.15, 0.2) is 11.6 Å². The van der Waals surface area contributed by atoms with Crippen LogP contribution in [0.1, 0.15) is 145 Å². The molecule has 658 valence electrons. The van der Waals surface area contributed by atoms with Crippen molar-refractivity contribution < 1.29 is 139 Å². The van der Waals surface area contributed by atoms with E-state index in [2.05, 4.69) is 20.5 Å². The number of aromatic nitrogens is 4. The predicted octanol–water partition coefficient (Wildman–Crippen LogP) is 13.4. The van der Waals surface area contributed by atoms with Crippen molar-refractivity contribution in [1.29, 1.82) is 0 Å². The molecule has 0 atom stereocenters. The number of ketones is 1. The van der Waals surface area contributed by atoms with Gasteiger partial charge in [0.05, 0.1) is 64.8 Å². The van der Waals surface area contributed by atoms with Crippen LogP contribution in [0.15, 0.2) is 104 Å². The number of anilines is 1. The van der Waals surface area contributed by atoms with Crippen molar-refractivity contribution in [3.8, 4) is 11.6 Å². The van der Waals surface area contributed by atoms with Crippen LogP contribution in [0.2, 0.25) is 0 Å². The lowest BCUT2D eigenvalue weighted by molar-refractivity contribution is -0.192. The maximum atomic E-state index is 13.7. The molecule has 4 amide bonds. The number of fused-ring (bicyclic) bond motifs is 3. The molecule has 5 fully saturated rings. The van der Waals surface area contributed by atoms with Gasteiger partial charge in [-0.15, -0.1) is 10.2 Å². The van der Waals surface area contributed by atoms with E-state index in [4.69, 9.17) is 65.9 Å². The van der Waals surface area contributed by atoms with E-state index in [-0.39, 0.29) is 89.6 Å². The third kappa shape index (κ3) is 23.0. The summed E-state index contributed by atoms with van der Waals surface area (Å²) in [6.45, 7) is 21.0. The van der Waals surface area contributed by atoms with E-state index >= 15 is 0 Å². The molecule has 5 aliphatic rings. The normalized spacial score (nSPS) is 14.9. The van der Waals surface area contributed by atoms with Gasteiger partial charge in [-0.1, -0.05) is 0 Å². The van der Waals surface area contributed by atoms with Crippen LogP contribution in [0.4, 0.5) is 55.5 Å². The molecule has 2 N–H and O–H groups in total. The van der Waals surface area contributed by atoms with Crippen molar-refractivity contribution in [1.82, 2.24) is 44.8 Å². The molecular formula is C82H92F8N10O22. The lowest BCUT2D eigenvalue weighted by Gasteiger charge is -2.39. The number of halogens is 8. The van der Waals surface area contributed by atoms with Gasteiger partial charge in [0.1, 0.15) is 69.2 Å². The molecule has 9 aromatic rings. The Bertz CT molecular complexity index is 5290. The number of carbonyl (C=O) groups is 9. The first-order chi connectivity index (χ1) is 57.3. The highest BCUT2D eigenvalue weighted by atomic mass is 19.4. The number of hydrogen-bond acceptors (Lipinski definition) is 26. The van der Waals surface area contributed by atoms with Gasteiger partial charge in [-0.2, -0.15) is 13.2 Å². The summed E-state index contributed by atoms with van der Waals surface area (Å²) >= 11 is 0. The van der Waals surface area contributed by atoms with Gasteiger partial charge in [0, 0.05) is 161 Å². The van der Waals surface area contributed by atoms with Crippen molar-refractivity contribution in [2.45, 2.75) is 110 Å². The number of likely N-dealkylation sites (tertiary alicyclic amines) is 3. The average Bonchev–Trinajstić information content (AvgIpc) is 1.60. The number of aliphatic carboxylic acids is 1. The topological polar surface area (TPSA) is 368 Å². The van der Waals surface area contributed by atoms with Crippen LogP contribution in [0.25, 0.3) is 38.6 Å². The number of methoxy groups -OCH3 is 5. The minimum Gasteiger partial charge on any atom is -0.481 e. The van der Waals surface area contributed by atoms with E-state index < -0.39 is 94.0 Å². The van der Waals surface area contributed by atoms with E-state index in [1.165, 1.54) is 79.7 Å². The lowest BCUT2D eigenvalue weighted by Crippen LogP contribution is -2.56. The van der Waals surface area contributed by atoms with Gasteiger partial charge >= 0.3 is 48.3 Å². The molecule has 0 aliphatic carbocycles. The Hall–Kier alpha value is -12.5. The van der Waals surface area contributed by atoms with Crippen LogP contribution < -0.4 is 15.0 Å². The molecule has 32 nitrogen and oxygen atoms in total. The summed E-state index contributed by atoms with van der Waals surface area (Å²) in [4.78, 5) is 120. The molecule has 40 heteroatoms. The van der Waals surface area contributed by atoms with Crippen molar-refractivity contribution in [2.75, 3.05) is 120 Å². The first-order valence-corrected chi connectivity index (χ1v) is 37.6. The molecule has 4 aromatic carbocycles. The Morgan fingerprint density at radius 3 is 1.26 bits per heavy atom. The van der Waals surface area contributed by atoms with Gasteiger partial charge in [-0.05, 0) is 117 Å². The molecule has 0 unspecified atom stereocenters. The summed E-state index contributed by atoms with van der Waals surface area (Å²) in [6.07, 6.45) is -4.68. The third-order valence-corrected chi connectivity index (χ3v) is 18.9. The number of hydroxylamine groups is 2. The van der Waals surface area contributed by atoms with Crippen molar-refractivity contribution >= 4 is 92.7 Å². The van der Waals surface area contributed by atoms with E-state index in [0.717, 1.165) is 41.9 Å². The Morgan fingerprint density at radius 2 is 0.910 bits per heavy atom. The quantitative estimate of drug-likeness (QED) is 0.0316. The fourth-order valence-electron chi connectivity index (χ4n) is 12.8. The molecule has 5 saturated heterocycles. The van der Waals surface area contributed by atoms with Crippen LogP contribution in [0.5, 0.6) is 5.88 Å². The highest BCUT2D eigenvalue weighted by molar-refractivity contribution is 6.01. The smallest absolute Gasteiger partial charge is 0.481 e. The molecule has 0 saturated carbocycles. The van der Waals surface area contributed by atoms with Crippen molar-refractivity contribution in [3.63, 3.8) is 0 Å². The van der Waals surface area contributed by atoms with E-state index in [0.29, 0.717) is 96.1 Å². The van der Waals surface area contributed by atoms with Crippen LogP contribution in [0.3, 0.4) is 0 Å². The van der Waals surface area contributed by atoms with Gasteiger partial charge < -0.3 is 81.2 Å². The molecule has 5 aliphatic heterocycles. The number of benzene rings is 4. The standard InChI is InChI=1S/C23H22FN5O5.C18H20FNO5.C15H17F2NO3.C13H12FNO3.C11H20N2O4.C2HF3O2/c1-31-12-18-26-27-23(29(18)15-5-7-19(32-2)25-9-15)28-10-13(11-28)20-16-6-4-14(24)8-17(16)34-21(20)22(30)33-3;1-18(2,3)25-17(22)20-8-10(9-20)14-12-6-5-11(19)7-13(12)24-15(14)16(21)23-4;1-15(2,3)21-14(20)18-7-9(8-18)13(19)11-5-4-10(16)6-12(11)17;1-17-13(16)12-11(7-5-15-6-7)9-3-2-8(14)4-10(9)18-12;1-11(2,3)17-10(15)13-6-8(7-13)9(14)12(4)16-5;3-2(4,5)1(6)7/h4-9,13H,10-12H2,1-3H3;5-7,10H,8-9H2,1-4H3;4-6,9H,7-8H2,1-3H3;2-4,7,15H,5-6H2,1H3;8H,6-7H2,1-5H3;(H,6,7). The number of carbonyl (C=O) groups excluding carboxylic acids is 8. The first-order valence-electron chi connectivity index (χ1n) is 37.6. The SMILES string of the molecule is CC(C)(C)OC(=O)N1CC(C(=O)c2ccc(F)cc2F)C1.COC(=O)c1oc2cc(F)ccc2c1C1CN(C(=O)OC(C)(C)C)C1.COC(=O)c1oc2cc(F)ccc2c1C1CNC1.COCc1nnc(N2CC(c3c(C(=O)OC)oc4cc(F)ccc34)C2)n1-c1ccc(OC)nc1.CON(C)C(=O)C1CN(C(=O)OC(C)(C)C)C1.O=C(O)C(F)(F)F. The Kier molecular flexibility index (Phi) is 29.8. The van der Waals surface area contributed by atoms with E-state index in [1.54, 1.807) is 98.2 Å². The Morgan fingerprint density at radius 1 is 0.516 bits per heavy atom. The summed E-state index contributed by atoms with van der Waals surface area (Å²) in [5.41, 5.74) is 2.07. The van der Waals surface area contributed by atoms with Gasteiger partial charge in [0.2, 0.25) is 29.1 Å². The van der Waals surface area contributed by atoms with Crippen LogP contribution in [0, 0.1) is 40.9 Å². The molecule has 5 aromatic heterocycles. The summed E-state index contributed by atoms with van der Waals surface area (Å²) in [5.74, 6) is -6.46. The number of esters is 3. The molecular weight excluding hydrogens is 1630 g/mol. The molecule has 0 spiro atoms. The zero-order valence-electron chi connectivity index (χ0n) is 69.4. The summed E-state index contributed by atoms with van der Waals surface area (Å²) in [5, 5.41) is 22.2. The zero-order valence-corrected chi connectivity index (χ0v) is 69.4. The summed E-state index contributed by atoms with van der Waals surface area (Å²) in [6, 6.07) is 19.1. The number of furan rings is 3. The van der Waals surface area contributed by atoms with Crippen LogP contribution in [-0.4, -0.2) is 237 Å². The second-order valence-corrected chi connectivity index (χ2v) is 31.2.